The van der Waals surface area contributed by atoms with Gasteiger partial charge >= 0.3 is 5.97 Å². The summed E-state index contributed by atoms with van der Waals surface area (Å²) in [5, 5.41) is 2.60. The lowest BCUT2D eigenvalue weighted by molar-refractivity contribution is -0.147. The van der Waals surface area contributed by atoms with Gasteiger partial charge in [0, 0.05) is 18.1 Å². The Kier molecular flexibility index (Phi) is 7.37. The average molecular weight is 371 g/mol. The van der Waals surface area contributed by atoms with Gasteiger partial charge < -0.3 is 19.5 Å². The fourth-order valence-corrected chi connectivity index (χ4v) is 2.29. The zero-order valence-electron chi connectivity index (χ0n) is 15.2. The van der Waals surface area contributed by atoms with Crippen LogP contribution in [0.25, 0.3) is 0 Å². The molecule has 0 aliphatic carbocycles. The third-order valence-corrected chi connectivity index (χ3v) is 3.70. The highest BCUT2D eigenvalue weighted by Crippen LogP contribution is 2.28. The highest BCUT2D eigenvalue weighted by Gasteiger charge is 2.13. The topological polar surface area (TPSA) is 90.9 Å². The van der Waals surface area contributed by atoms with E-state index in [4.69, 9.17) is 14.2 Å². The highest BCUT2D eigenvalue weighted by atomic mass is 16.5. The largest absolute Gasteiger partial charge is 0.497 e. The van der Waals surface area contributed by atoms with Crippen molar-refractivity contribution in [2.45, 2.75) is 12.8 Å². The first-order valence-corrected chi connectivity index (χ1v) is 8.29. The average Bonchev–Trinajstić information content (AvgIpc) is 2.71. The summed E-state index contributed by atoms with van der Waals surface area (Å²) in [6, 6.07) is 13.6. The number of esters is 1. The minimum absolute atomic E-state index is 0.0246. The highest BCUT2D eigenvalue weighted by molar-refractivity contribution is 5.98. The lowest BCUT2D eigenvalue weighted by atomic mass is 10.1. The lowest BCUT2D eigenvalue weighted by Gasteiger charge is -2.11. The molecule has 142 valence electrons. The van der Waals surface area contributed by atoms with E-state index < -0.39 is 18.5 Å². The number of methoxy groups -OCH3 is 2. The number of hydrogen-bond acceptors (Lipinski definition) is 6. The van der Waals surface area contributed by atoms with Crippen LogP contribution in [0.1, 0.15) is 23.2 Å². The Balaban J connectivity index is 1.78. The number of hydrogen-bond donors (Lipinski definition) is 1. The molecule has 0 unspecified atom stereocenters. The smallest absolute Gasteiger partial charge is 0.306 e. The van der Waals surface area contributed by atoms with Gasteiger partial charge in [-0.15, -0.1) is 0 Å². The fraction of sp³-hybridized carbons (Fsp3) is 0.250. The zero-order chi connectivity index (χ0) is 19.6. The number of amides is 1. The van der Waals surface area contributed by atoms with Gasteiger partial charge in [0.25, 0.3) is 5.91 Å². The van der Waals surface area contributed by atoms with Gasteiger partial charge in [-0.3, -0.25) is 14.4 Å². The Morgan fingerprint density at radius 2 is 1.67 bits per heavy atom. The number of ketones is 1. The lowest BCUT2D eigenvalue weighted by Crippen LogP contribution is -2.21. The molecule has 7 nitrogen and oxygen atoms in total. The molecule has 2 aromatic carbocycles. The van der Waals surface area contributed by atoms with E-state index in [1.165, 1.54) is 14.2 Å². The third-order valence-electron chi connectivity index (χ3n) is 3.70. The molecule has 0 fully saturated rings. The van der Waals surface area contributed by atoms with E-state index in [1.807, 2.05) is 6.07 Å². The number of Topliss-reactive ketones (excluding diaryl/α,β-unsaturated/α-hetero) is 1. The van der Waals surface area contributed by atoms with Crippen LogP contribution in [0.15, 0.2) is 48.5 Å². The summed E-state index contributed by atoms with van der Waals surface area (Å²) in [4.78, 5) is 35.6. The van der Waals surface area contributed by atoms with Gasteiger partial charge in [-0.05, 0) is 12.1 Å². The van der Waals surface area contributed by atoms with Crippen molar-refractivity contribution in [2.24, 2.45) is 0 Å². The SMILES string of the molecule is COc1ccc(NC(=O)COC(=O)CCC(=O)c2ccccc2)c(OC)c1. The standard InChI is InChI=1S/C20H21NO6/c1-25-15-8-9-16(18(12-15)26-2)21-19(23)13-27-20(24)11-10-17(22)14-6-4-3-5-7-14/h3-9,12H,10-11,13H2,1-2H3,(H,21,23). The maximum atomic E-state index is 12.0. The van der Waals surface area contributed by atoms with Crippen LogP contribution in [-0.2, 0) is 14.3 Å². The molecular weight excluding hydrogens is 350 g/mol. The van der Waals surface area contributed by atoms with Gasteiger partial charge in [0.2, 0.25) is 0 Å². The van der Waals surface area contributed by atoms with Crippen LogP contribution in [0, 0.1) is 0 Å². The van der Waals surface area contributed by atoms with Crippen molar-refractivity contribution in [1.82, 2.24) is 0 Å². The van der Waals surface area contributed by atoms with Gasteiger partial charge in [-0.1, -0.05) is 30.3 Å². The minimum atomic E-state index is -0.615. The van der Waals surface area contributed by atoms with Gasteiger partial charge in [0.15, 0.2) is 12.4 Å². The summed E-state index contributed by atoms with van der Waals surface area (Å²) in [5.74, 6) is -0.279. The molecule has 0 radical (unpaired) electrons. The second-order valence-corrected chi connectivity index (χ2v) is 5.56. The molecule has 2 rings (SSSR count). The quantitative estimate of drug-likeness (QED) is 0.538. The van der Waals surface area contributed by atoms with Gasteiger partial charge in [-0.2, -0.15) is 0 Å². The number of carbonyl (C=O) groups is 3. The Bertz CT molecular complexity index is 803. The molecule has 0 saturated heterocycles. The fourth-order valence-electron chi connectivity index (χ4n) is 2.29. The molecule has 0 bridgehead atoms. The van der Waals surface area contributed by atoms with E-state index in [0.717, 1.165) is 0 Å². The van der Waals surface area contributed by atoms with E-state index in [-0.39, 0.29) is 18.6 Å². The van der Waals surface area contributed by atoms with Crippen molar-refractivity contribution in [3.63, 3.8) is 0 Å². The second-order valence-electron chi connectivity index (χ2n) is 5.56. The first-order valence-electron chi connectivity index (χ1n) is 8.29. The van der Waals surface area contributed by atoms with Crippen LogP contribution in [0.4, 0.5) is 5.69 Å². The summed E-state index contributed by atoms with van der Waals surface area (Å²) in [5.41, 5.74) is 0.966. The maximum absolute atomic E-state index is 12.0. The maximum Gasteiger partial charge on any atom is 0.306 e. The van der Waals surface area contributed by atoms with Crippen molar-refractivity contribution >= 4 is 23.3 Å². The second kappa shape index (κ2) is 9.96. The molecule has 0 atom stereocenters. The molecule has 0 spiro atoms. The van der Waals surface area contributed by atoms with Gasteiger partial charge in [0.1, 0.15) is 11.5 Å². The zero-order valence-corrected chi connectivity index (χ0v) is 15.2. The first-order chi connectivity index (χ1) is 13.0. The molecule has 0 aliphatic heterocycles. The number of carbonyl (C=O) groups excluding carboxylic acids is 3. The van der Waals surface area contributed by atoms with Crippen LogP contribution in [0.3, 0.4) is 0 Å². The number of ether oxygens (including phenoxy) is 3. The minimum Gasteiger partial charge on any atom is -0.497 e. The van der Waals surface area contributed by atoms with E-state index in [2.05, 4.69) is 5.32 Å². The Hall–Kier alpha value is -3.35. The number of nitrogens with one attached hydrogen (secondary N) is 1. The summed E-state index contributed by atoms with van der Waals surface area (Å²) in [6.07, 6.45) is -0.0658. The molecule has 27 heavy (non-hydrogen) atoms. The monoisotopic (exact) mass is 371 g/mol. The van der Waals surface area contributed by atoms with E-state index >= 15 is 0 Å². The predicted molar refractivity (Wildman–Crippen MR) is 99.1 cm³/mol. The molecular formula is C20H21NO6. The molecule has 1 amide bonds. The van der Waals surface area contributed by atoms with E-state index in [1.54, 1.807) is 42.5 Å². The molecule has 0 saturated carbocycles. The Labute approximate surface area is 157 Å². The van der Waals surface area contributed by atoms with E-state index in [0.29, 0.717) is 22.7 Å². The Morgan fingerprint density at radius 1 is 0.926 bits per heavy atom. The number of anilines is 1. The van der Waals surface area contributed by atoms with Crippen molar-refractivity contribution < 1.29 is 28.6 Å². The normalized spacial score (nSPS) is 10.0. The summed E-state index contributed by atoms with van der Waals surface area (Å²) >= 11 is 0. The molecule has 0 heterocycles. The Morgan fingerprint density at radius 3 is 2.33 bits per heavy atom. The number of benzene rings is 2. The summed E-state index contributed by atoms with van der Waals surface area (Å²) in [6.45, 7) is -0.451. The van der Waals surface area contributed by atoms with Gasteiger partial charge in [-0.25, -0.2) is 0 Å². The van der Waals surface area contributed by atoms with Crippen LogP contribution < -0.4 is 14.8 Å². The molecule has 0 aromatic heterocycles. The summed E-state index contributed by atoms with van der Waals surface area (Å²) in [7, 11) is 2.99. The van der Waals surface area contributed by atoms with Gasteiger partial charge in [0.05, 0.1) is 26.3 Å². The van der Waals surface area contributed by atoms with Crippen molar-refractivity contribution in [2.75, 3.05) is 26.1 Å². The van der Waals surface area contributed by atoms with Crippen molar-refractivity contribution in [1.29, 1.82) is 0 Å². The molecule has 7 heteroatoms. The molecule has 1 N–H and O–H groups in total. The first kappa shape index (κ1) is 20.0. The van der Waals surface area contributed by atoms with Crippen LogP contribution in [0.2, 0.25) is 0 Å². The van der Waals surface area contributed by atoms with Crippen molar-refractivity contribution in [3.8, 4) is 11.5 Å². The molecule has 2 aromatic rings. The molecule has 0 aliphatic rings. The van der Waals surface area contributed by atoms with Crippen molar-refractivity contribution in [3.05, 3.63) is 54.1 Å². The van der Waals surface area contributed by atoms with Crippen LogP contribution in [-0.4, -0.2) is 38.5 Å². The van der Waals surface area contributed by atoms with Crippen LogP contribution >= 0.6 is 0 Å². The summed E-state index contributed by atoms with van der Waals surface area (Å²) < 4.78 is 15.2. The van der Waals surface area contributed by atoms with E-state index in [9.17, 15) is 14.4 Å². The predicted octanol–water partition coefficient (Wildman–Crippen LogP) is 2.85. The van der Waals surface area contributed by atoms with Crippen LogP contribution in [0.5, 0.6) is 11.5 Å². The number of rotatable bonds is 9. The third kappa shape index (κ3) is 6.14.